The molecule has 1 heterocycles. The van der Waals surface area contributed by atoms with Crippen LogP contribution in [0.2, 0.25) is 0 Å². The molecular formula is C10H16N2O2. The fourth-order valence-electron chi connectivity index (χ4n) is 1.41. The van der Waals surface area contributed by atoms with Gasteiger partial charge in [0.15, 0.2) is 5.78 Å². The molecule has 0 N–H and O–H groups in total. The number of carbonyl (C=O) groups is 1. The molecule has 1 atom stereocenters. The number of ether oxygens (including phenoxy) is 1. The molecule has 1 unspecified atom stereocenters. The van der Waals surface area contributed by atoms with E-state index >= 15 is 0 Å². The second-order valence-corrected chi connectivity index (χ2v) is 3.53. The Bertz CT molecular complexity index is 307. The smallest absolute Gasteiger partial charge is 0.181 e. The van der Waals surface area contributed by atoms with Crippen molar-refractivity contribution in [2.75, 3.05) is 13.7 Å². The molecule has 0 radical (unpaired) electrons. The highest BCUT2D eigenvalue weighted by Gasteiger charge is 2.13. The lowest BCUT2D eigenvalue weighted by Crippen LogP contribution is -2.13. The van der Waals surface area contributed by atoms with Crippen molar-refractivity contribution in [2.45, 2.75) is 13.3 Å². The average Bonchev–Trinajstić information content (AvgIpc) is 2.51. The molecule has 1 aromatic rings. The Balaban J connectivity index is 2.55. The second-order valence-electron chi connectivity index (χ2n) is 3.53. The molecule has 0 saturated carbocycles. The first-order valence-corrected chi connectivity index (χ1v) is 4.65. The highest BCUT2D eigenvalue weighted by molar-refractivity contribution is 5.94. The van der Waals surface area contributed by atoms with E-state index in [2.05, 4.69) is 5.10 Å². The van der Waals surface area contributed by atoms with Crippen LogP contribution in [0, 0.1) is 5.92 Å². The first kappa shape index (κ1) is 10.9. The Hall–Kier alpha value is -1.16. The van der Waals surface area contributed by atoms with Crippen LogP contribution in [0.25, 0.3) is 0 Å². The summed E-state index contributed by atoms with van der Waals surface area (Å²) in [5.41, 5.74) is 0.660. The lowest BCUT2D eigenvalue weighted by Gasteiger charge is -2.08. The van der Waals surface area contributed by atoms with Crippen molar-refractivity contribution in [3.63, 3.8) is 0 Å². The van der Waals surface area contributed by atoms with Gasteiger partial charge < -0.3 is 4.74 Å². The molecule has 4 nitrogen and oxygen atoms in total. The molecule has 0 spiro atoms. The number of ketones is 1. The van der Waals surface area contributed by atoms with E-state index in [9.17, 15) is 4.79 Å². The number of aryl methyl sites for hydroxylation is 1. The Kier molecular flexibility index (Phi) is 3.83. The van der Waals surface area contributed by atoms with Crippen LogP contribution in [0.15, 0.2) is 12.3 Å². The van der Waals surface area contributed by atoms with Crippen LogP contribution in [0.4, 0.5) is 0 Å². The summed E-state index contributed by atoms with van der Waals surface area (Å²) < 4.78 is 6.58. The van der Waals surface area contributed by atoms with Gasteiger partial charge in [-0.05, 0) is 12.0 Å². The molecular weight excluding hydrogens is 180 g/mol. The summed E-state index contributed by atoms with van der Waals surface area (Å²) >= 11 is 0. The van der Waals surface area contributed by atoms with Gasteiger partial charge in [0.1, 0.15) is 5.69 Å². The average molecular weight is 196 g/mol. The van der Waals surface area contributed by atoms with E-state index in [4.69, 9.17) is 4.74 Å². The predicted octanol–water partition coefficient (Wildman–Crippen LogP) is 1.28. The van der Waals surface area contributed by atoms with Gasteiger partial charge in [-0.15, -0.1) is 0 Å². The van der Waals surface area contributed by atoms with Gasteiger partial charge in [-0.2, -0.15) is 5.10 Å². The summed E-state index contributed by atoms with van der Waals surface area (Å²) in [5.74, 6) is 0.372. The van der Waals surface area contributed by atoms with Crippen LogP contribution >= 0.6 is 0 Å². The van der Waals surface area contributed by atoms with Gasteiger partial charge in [0.2, 0.25) is 0 Å². The third-order valence-electron chi connectivity index (χ3n) is 2.09. The van der Waals surface area contributed by atoms with Crippen molar-refractivity contribution in [3.8, 4) is 0 Å². The number of hydrogen-bond acceptors (Lipinski definition) is 3. The van der Waals surface area contributed by atoms with Gasteiger partial charge in [0.25, 0.3) is 0 Å². The molecule has 0 aliphatic heterocycles. The van der Waals surface area contributed by atoms with Crippen LogP contribution in [0.3, 0.4) is 0 Å². The predicted molar refractivity (Wildman–Crippen MR) is 53.2 cm³/mol. The number of hydrogen-bond donors (Lipinski definition) is 0. The van der Waals surface area contributed by atoms with E-state index in [1.807, 2.05) is 6.92 Å². The molecule has 0 saturated heterocycles. The molecule has 1 rings (SSSR count). The zero-order chi connectivity index (χ0) is 10.6. The van der Waals surface area contributed by atoms with E-state index < -0.39 is 0 Å². The molecule has 0 bridgehead atoms. The standard InChI is InChI=1S/C10H16N2O2/c1-8(7-14-3)6-10(13)9-4-5-11-12(9)2/h4-5,8H,6-7H2,1-3H3. The lowest BCUT2D eigenvalue weighted by molar-refractivity contribution is 0.0911. The number of aromatic nitrogens is 2. The number of methoxy groups -OCH3 is 1. The van der Waals surface area contributed by atoms with Crippen LogP contribution in [-0.2, 0) is 11.8 Å². The van der Waals surface area contributed by atoms with Gasteiger partial charge in [0.05, 0.1) is 0 Å². The van der Waals surface area contributed by atoms with Crippen molar-refractivity contribution in [3.05, 3.63) is 18.0 Å². The Morgan fingerprint density at radius 1 is 1.71 bits per heavy atom. The maximum Gasteiger partial charge on any atom is 0.181 e. The summed E-state index contributed by atoms with van der Waals surface area (Å²) in [6.07, 6.45) is 2.14. The quantitative estimate of drug-likeness (QED) is 0.666. The highest BCUT2D eigenvalue weighted by Crippen LogP contribution is 2.08. The summed E-state index contributed by atoms with van der Waals surface area (Å²) in [6.45, 7) is 2.61. The minimum Gasteiger partial charge on any atom is -0.384 e. The normalized spacial score (nSPS) is 12.8. The van der Waals surface area contributed by atoms with Crippen LogP contribution in [0.1, 0.15) is 23.8 Å². The summed E-state index contributed by atoms with van der Waals surface area (Å²) in [4.78, 5) is 11.7. The third kappa shape index (κ3) is 2.67. The van der Waals surface area contributed by atoms with Crippen molar-refractivity contribution < 1.29 is 9.53 Å². The second kappa shape index (κ2) is 4.91. The van der Waals surface area contributed by atoms with Crippen molar-refractivity contribution in [2.24, 2.45) is 13.0 Å². The van der Waals surface area contributed by atoms with E-state index in [1.165, 1.54) is 0 Å². The molecule has 0 aromatic carbocycles. The maximum atomic E-state index is 11.7. The third-order valence-corrected chi connectivity index (χ3v) is 2.09. The van der Waals surface area contributed by atoms with E-state index in [-0.39, 0.29) is 11.7 Å². The van der Waals surface area contributed by atoms with Crippen molar-refractivity contribution in [1.82, 2.24) is 9.78 Å². The van der Waals surface area contributed by atoms with Gasteiger partial charge in [-0.1, -0.05) is 6.92 Å². The van der Waals surface area contributed by atoms with Crippen LogP contribution in [-0.4, -0.2) is 29.3 Å². The summed E-state index contributed by atoms with van der Waals surface area (Å²) in [5, 5.41) is 3.96. The zero-order valence-electron chi connectivity index (χ0n) is 8.86. The topological polar surface area (TPSA) is 44.1 Å². The first-order chi connectivity index (χ1) is 6.65. The molecule has 0 fully saturated rings. The van der Waals surface area contributed by atoms with Crippen molar-refractivity contribution >= 4 is 5.78 Å². The Labute approximate surface area is 83.9 Å². The maximum absolute atomic E-state index is 11.7. The number of rotatable bonds is 5. The molecule has 0 aliphatic rings. The van der Waals surface area contributed by atoms with Crippen LogP contribution < -0.4 is 0 Å². The van der Waals surface area contributed by atoms with E-state index in [1.54, 1.807) is 31.1 Å². The fraction of sp³-hybridized carbons (Fsp3) is 0.600. The lowest BCUT2D eigenvalue weighted by atomic mass is 10.0. The number of Topliss-reactive ketones (excluding diaryl/α,β-unsaturated/α-hetero) is 1. The Morgan fingerprint density at radius 2 is 2.43 bits per heavy atom. The molecule has 78 valence electrons. The van der Waals surface area contributed by atoms with Gasteiger partial charge in [-0.25, -0.2) is 0 Å². The highest BCUT2D eigenvalue weighted by atomic mass is 16.5. The number of nitrogens with zero attached hydrogens (tertiary/aromatic N) is 2. The minimum atomic E-state index is 0.120. The minimum absolute atomic E-state index is 0.120. The molecule has 0 aliphatic carbocycles. The van der Waals surface area contributed by atoms with Crippen molar-refractivity contribution in [1.29, 1.82) is 0 Å². The zero-order valence-corrected chi connectivity index (χ0v) is 8.86. The van der Waals surface area contributed by atoms with E-state index in [0.29, 0.717) is 18.7 Å². The van der Waals surface area contributed by atoms with Gasteiger partial charge >= 0.3 is 0 Å². The molecule has 4 heteroatoms. The fourth-order valence-corrected chi connectivity index (χ4v) is 1.41. The van der Waals surface area contributed by atoms with E-state index in [0.717, 1.165) is 0 Å². The summed E-state index contributed by atoms with van der Waals surface area (Å²) in [6, 6.07) is 1.74. The Morgan fingerprint density at radius 3 is 2.93 bits per heavy atom. The van der Waals surface area contributed by atoms with Gasteiger partial charge in [-0.3, -0.25) is 9.48 Å². The van der Waals surface area contributed by atoms with Gasteiger partial charge in [0, 0.05) is 33.4 Å². The largest absolute Gasteiger partial charge is 0.384 e. The first-order valence-electron chi connectivity index (χ1n) is 4.65. The summed E-state index contributed by atoms with van der Waals surface area (Å²) in [7, 11) is 3.42. The number of carbonyl (C=O) groups excluding carboxylic acids is 1. The molecule has 0 amide bonds. The molecule has 1 aromatic heterocycles. The monoisotopic (exact) mass is 196 g/mol. The SMILES string of the molecule is COCC(C)CC(=O)c1ccnn1C. The molecule has 14 heavy (non-hydrogen) atoms. The van der Waals surface area contributed by atoms with Crippen LogP contribution in [0.5, 0.6) is 0 Å².